The molecule has 0 aromatic heterocycles. The predicted molar refractivity (Wildman–Crippen MR) is 91.4 cm³/mol. The molecule has 0 amide bonds. The number of rotatable bonds is 7. The lowest BCUT2D eigenvalue weighted by Gasteiger charge is -2.24. The Bertz CT molecular complexity index is 388. The fourth-order valence-corrected chi connectivity index (χ4v) is 3.51. The molecule has 0 bridgehead atoms. The van der Waals surface area contributed by atoms with Crippen molar-refractivity contribution in [1.82, 2.24) is 5.32 Å². The Balaban J connectivity index is 2.61. The zero-order chi connectivity index (χ0) is 14.4. The van der Waals surface area contributed by atoms with E-state index in [1.54, 1.807) is 0 Å². The minimum atomic E-state index is 0.424. The number of benzene rings is 1. The van der Waals surface area contributed by atoms with Gasteiger partial charge in [-0.2, -0.15) is 0 Å². The number of hydrogen-bond donors (Lipinski definition) is 1. The Labute approximate surface area is 134 Å². The summed E-state index contributed by atoms with van der Waals surface area (Å²) in [4.78, 5) is 0. The van der Waals surface area contributed by atoms with Crippen LogP contribution in [-0.2, 0) is 11.9 Å². The zero-order valence-electron chi connectivity index (χ0n) is 12.0. The highest BCUT2D eigenvalue weighted by atomic mass is 79.9. The molecule has 2 unspecified atom stereocenters. The highest BCUT2D eigenvalue weighted by Gasteiger charge is 2.14. The van der Waals surface area contributed by atoms with Crippen LogP contribution in [0.3, 0.4) is 0 Å². The van der Waals surface area contributed by atoms with Crippen LogP contribution in [0.2, 0.25) is 0 Å². The summed E-state index contributed by atoms with van der Waals surface area (Å²) in [5.74, 6) is 1.12. The van der Waals surface area contributed by atoms with Crippen LogP contribution in [0.15, 0.2) is 22.7 Å². The van der Waals surface area contributed by atoms with Gasteiger partial charge in [0.15, 0.2) is 0 Å². The number of nitrogens with one attached hydrogen (secondary N) is 1. The summed E-state index contributed by atoms with van der Waals surface area (Å²) < 4.78 is 1.17. The van der Waals surface area contributed by atoms with Gasteiger partial charge >= 0.3 is 0 Å². The lowest BCUT2D eigenvalue weighted by atomic mass is 9.94. The first kappa shape index (κ1) is 17.2. The molecule has 0 saturated heterocycles. The summed E-state index contributed by atoms with van der Waals surface area (Å²) in [6.45, 7) is 11.8. The quantitative estimate of drug-likeness (QED) is 0.622. The maximum atomic E-state index is 4.17. The molecule has 1 nitrogen and oxygen atoms in total. The van der Waals surface area contributed by atoms with Crippen molar-refractivity contribution >= 4 is 31.9 Å². The van der Waals surface area contributed by atoms with E-state index in [9.17, 15) is 0 Å². The van der Waals surface area contributed by atoms with Gasteiger partial charge in [-0.1, -0.05) is 64.8 Å². The van der Waals surface area contributed by atoms with Crippen LogP contribution in [0, 0.1) is 18.8 Å². The van der Waals surface area contributed by atoms with Gasteiger partial charge in [0.05, 0.1) is 0 Å². The Morgan fingerprint density at radius 1 is 1.26 bits per heavy atom. The van der Waals surface area contributed by atoms with Crippen molar-refractivity contribution < 1.29 is 0 Å². The monoisotopic (exact) mass is 388 g/mol. The molecule has 0 fully saturated rings. The van der Waals surface area contributed by atoms with Crippen molar-refractivity contribution in [3.63, 3.8) is 0 Å². The number of halogens is 2. The minimum Gasteiger partial charge on any atom is -0.310 e. The lowest BCUT2D eigenvalue weighted by molar-refractivity contribution is 0.357. The zero-order valence-corrected chi connectivity index (χ0v) is 15.2. The van der Waals surface area contributed by atoms with E-state index in [-0.39, 0.29) is 0 Å². The number of hydrogen-bond acceptors (Lipinski definition) is 1. The Morgan fingerprint density at radius 3 is 2.42 bits per heavy atom. The maximum absolute atomic E-state index is 4.17. The molecule has 1 aromatic carbocycles. The van der Waals surface area contributed by atoms with Crippen LogP contribution >= 0.6 is 31.9 Å². The molecule has 1 aromatic rings. The molecule has 0 saturated carbocycles. The summed E-state index contributed by atoms with van der Waals surface area (Å²) >= 11 is 7.10. The van der Waals surface area contributed by atoms with Crippen molar-refractivity contribution in [1.29, 1.82) is 0 Å². The minimum absolute atomic E-state index is 0.424. The van der Waals surface area contributed by atoms with Gasteiger partial charge in [0.2, 0.25) is 0 Å². The van der Waals surface area contributed by atoms with Crippen LogP contribution in [0.5, 0.6) is 0 Å². The molecule has 3 heteroatoms. The molecule has 1 rings (SSSR count). The summed E-state index contributed by atoms with van der Waals surface area (Å²) in [5.41, 5.74) is 2.60. The maximum Gasteiger partial charge on any atom is 0.0294 e. The standard InChI is InChI=1S/C16H24Br2N/c1-11(2)7-16(12(3)4)19-10-13-5-6-14(9-17)15(18)8-13/h5-6,8,11-12,16,19H,3,7,9-10H2,1-2,4H3. The van der Waals surface area contributed by atoms with E-state index in [2.05, 4.69) is 83.1 Å². The highest BCUT2D eigenvalue weighted by molar-refractivity contribution is 9.10. The molecular formula is C16H24Br2N. The van der Waals surface area contributed by atoms with Gasteiger partial charge in [-0.15, -0.1) is 0 Å². The third-order valence-electron chi connectivity index (χ3n) is 3.24. The topological polar surface area (TPSA) is 12.0 Å². The molecule has 107 valence electrons. The van der Waals surface area contributed by atoms with E-state index >= 15 is 0 Å². The SMILES string of the molecule is [CH2]C(C)C(CC(C)C)NCc1ccc(CBr)c(Br)c1. The summed E-state index contributed by atoms with van der Waals surface area (Å²) in [5, 5.41) is 4.52. The molecule has 0 aliphatic heterocycles. The number of alkyl halides is 1. The van der Waals surface area contributed by atoms with E-state index in [1.807, 2.05) is 0 Å². The van der Waals surface area contributed by atoms with Gasteiger partial charge in [0.25, 0.3) is 0 Å². The van der Waals surface area contributed by atoms with E-state index in [0.29, 0.717) is 17.9 Å². The third-order valence-corrected chi connectivity index (χ3v) is 4.58. The van der Waals surface area contributed by atoms with Crippen molar-refractivity contribution in [2.75, 3.05) is 0 Å². The van der Waals surface area contributed by atoms with E-state index in [0.717, 1.165) is 11.9 Å². The first-order chi connectivity index (χ1) is 8.93. The summed E-state index contributed by atoms with van der Waals surface area (Å²) in [6.07, 6.45) is 1.17. The predicted octanol–water partition coefficient (Wildman–Crippen LogP) is 5.32. The molecule has 1 radical (unpaired) electrons. The van der Waals surface area contributed by atoms with Crippen LogP contribution < -0.4 is 5.32 Å². The molecule has 0 aliphatic carbocycles. The second-order valence-electron chi connectivity index (χ2n) is 5.65. The fourth-order valence-electron chi connectivity index (χ4n) is 2.08. The summed E-state index contributed by atoms with van der Waals surface area (Å²) in [7, 11) is 0. The second kappa shape index (κ2) is 8.43. The third kappa shape index (κ3) is 5.97. The van der Waals surface area contributed by atoms with Crippen molar-refractivity contribution in [3.8, 4) is 0 Å². The molecule has 19 heavy (non-hydrogen) atoms. The lowest BCUT2D eigenvalue weighted by Crippen LogP contribution is -2.34. The summed E-state index contributed by atoms with van der Waals surface area (Å²) in [6, 6.07) is 7.04. The molecule has 0 spiro atoms. The highest BCUT2D eigenvalue weighted by Crippen LogP contribution is 2.21. The van der Waals surface area contributed by atoms with Gasteiger partial charge < -0.3 is 5.32 Å². The first-order valence-electron chi connectivity index (χ1n) is 6.83. The van der Waals surface area contributed by atoms with Crippen LogP contribution in [-0.4, -0.2) is 6.04 Å². The molecule has 0 aliphatic rings. The van der Waals surface area contributed by atoms with Crippen LogP contribution in [0.4, 0.5) is 0 Å². The van der Waals surface area contributed by atoms with Crippen molar-refractivity contribution in [3.05, 3.63) is 40.7 Å². The van der Waals surface area contributed by atoms with Crippen molar-refractivity contribution in [2.24, 2.45) is 11.8 Å². The average Bonchev–Trinajstić information content (AvgIpc) is 2.34. The molecular weight excluding hydrogens is 366 g/mol. The average molecular weight is 390 g/mol. The first-order valence-corrected chi connectivity index (χ1v) is 8.75. The van der Waals surface area contributed by atoms with E-state index in [1.165, 1.54) is 22.0 Å². The smallest absolute Gasteiger partial charge is 0.0294 e. The molecule has 2 atom stereocenters. The largest absolute Gasteiger partial charge is 0.310 e. The molecule has 0 heterocycles. The van der Waals surface area contributed by atoms with Gasteiger partial charge in [-0.05, 0) is 42.4 Å². The Hall–Kier alpha value is 0.140. The van der Waals surface area contributed by atoms with E-state index < -0.39 is 0 Å². The Kier molecular flexibility index (Phi) is 7.63. The van der Waals surface area contributed by atoms with Gasteiger partial charge in [-0.3, -0.25) is 0 Å². The van der Waals surface area contributed by atoms with Gasteiger partial charge in [0, 0.05) is 22.4 Å². The second-order valence-corrected chi connectivity index (χ2v) is 7.07. The van der Waals surface area contributed by atoms with Crippen LogP contribution in [0.25, 0.3) is 0 Å². The van der Waals surface area contributed by atoms with E-state index in [4.69, 9.17) is 0 Å². The van der Waals surface area contributed by atoms with Gasteiger partial charge in [-0.25, -0.2) is 0 Å². The Morgan fingerprint density at radius 2 is 1.95 bits per heavy atom. The molecule has 1 N–H and O–H groups in total. The van der Waals surface area contributed by atoms with Crippen molar-refractivity contribution in [2.45, 2.75) is 45.1 Å². The van der Waals surface area contributed by atoms with Crippen LogP contribution in [0.1, 0.15) is 38.3 Å². The fraction of sp³-hybridized carbons (Fsp3) is 0.562. The van der Waals surface area contributed by atoms with Gasteiger partial charge in [0.1, 0.15) is 0 Å². The normalized spacial score (nSPS) is 13.3.